The summed E-state index contributed by atoms with van der Waals surface area (Å²) in [6.07, 6.45) is 2.16. The first-order valence-electron chi connectivity index (χ1n) is 8.74. The number of hydrogen-bond acceptors (Lipinski definition) is 5. The molecule has 0 bridgehead atoms. The lowest BCUT2D eigenvalue weighted by Crippen LogP contribution is -2.38. The van der Waals surface area contributed by atoms with Gasteiger partial charge in [-0.1, -0.05) is 18.2 Å². The van der Waals surface area contributed by atoms with Crippen molar-refractivity contribution in [2.45, 2.75) is 51.7 Å². The molecule has 1 heterocycles. The third kappa shape index (κ3) is 6.05. The van der Waals surface area contributed by atoms with E-state index in [2.05, 4.69) is 0 Å². The molecule has 6 nitrogen and oxygen atoms in total. The summed E-state index contributed by atoms with van der Waals surface area (Å²) in [7, 11) is 1.77. The molecule has 138 valence electrons. The molecule has 0 N–H and O–H groups in total. The number of rotatable bonds is 3. The summed E-state index contributed by atoms with van der Waals surface area (Å²) in [4.78, 5) is 31.6. The van der Waals surface area contributed by atoms with E-state index < -0.39 is 5.60 Å². The van der Waals surface area contributed by atoms with Gasteiger partial charge in [0.25, 0.3) is 0 Å². The lowest BCUT2D eigenvalue weighted by atomic mass is 10.1. The fourth-order valence-corrected chi connectivity index (χ4v) is 2.78. The summed E-state index contributed by atoms with van der Waals surface area (Å²) in [6.45, 7) is 6.84. The maximum atomic E-state index is 12.2. The van der Waals surface area contributed by atoms with Crippen molar-refractivity contribution >= 4 is 12.1 Å². The van der Waals surface area contributed by atoms with Gasteiger partial charge in [0.1, 0.15) is 5.60 Å². The number of amides is 1. The molecule has 1 aliphatic rings. The second kappa shape index (κ2) is 8.34. The van der Waals surface area contributed by atoms with Crippen molar-refractivity contribution in [1.82, 2.24) is 9.96 Å². The van der Waals surface area contributed by atoms with Gasteiger partial charge in [-0.05, 0) is 52.2 Å². The van der Waals surface area contributed by atoms with Crippen molar-refractivity contribution in [1.29, 1.82) is 0 Å². The molecule has 0 saturated carbocycles. The number of hydroxylamine groups is 2. The Labute approximate surface area is 149 Å². The topological polar surface area (TPSA) is 59.1 Å². The molecule has 1 amide bonds. The van der Waals surface area contributed by atoms with Gasteiger partial charge in [0.2, 0.25) is 0 Å². The van der Waals surface area contributed by atoms with E-state index in [1.807, 2.05) is 26.8 Å². The zero-order chi connectivity index (χ0) is 18.4. The minimum Gasteiger partial charge on any atom is -0.444 e. The monoisotopic (exact) mass is 348 g/mol. The van der Waals surface area contributed by atoms with E-state index in [1.54, 1.807) is 41.3 Å². The highest BCUT2D eigenvalue weighted by molar-refractivity contribution is 5.89. The van der Waals surface area contributed by atoms with Gasteiger partial charge in [0.15, 0.2) is 0 Å². The first kappa shape index (κ1) is 19.2. The molecule has 1 aliphatic heterocycles. The maximum absolute atomic E-state index is 12.2. The number of hydrogen-bond donors (Lipinski definition) is 0. The van der Waals surface area contributed by atoms with Crippen molar-refractivity contribution in [3.05, 3.63) is 35.9 Å². The molecule has 0 aromatic heterocycles. The van der Waals surface area contributed by atoms with E-state index in [0.717, 1.165) is 19.3 Å². The molecular formula is C19H28N2O4. The summed E-state index contributed by atoms with van der Waals surface area (Å²) in [5.74, 6) is -0.364. The average molecular weight is 348 g/mol. The Hall–Kier alpha value is -2.08. The molecule has 0 aliphatic carbocycles. The second-order valence-electron chi connectivity index (χ2n) is 7.34. The van der Waals surface area contributed by atoms with Gasteiger partial charge >= 0.3 is 12.1 Å². The predicted molar refractivity (Wildman–Crippen MR) is 95.1 cm³/mol. The average Bonchev–Trinajstić information content (AvgIpc) is 2.80. The Bertz CT molecular complexity index is 583. The summed E-state index contributed by atoms with van der Waals surface area (Å²) >= 11 is 0. The third-order valence-electron chi connectivity index (χ3n) is 4.10. The molecule has 0 spiro atoms. The van der Waals surface area contributed by atoms with Crippen molar-refractivity contribution in [3.63, 3.8) is 0 Å². The molecule has 1 aromatic carbocycles. The van der Waals surface area contributed by atoms with E-state index in [-0.39, 0.29) is 18.1 Å². The number of carbonyl (C=O) groups is 2. The van der Waals surface area contributed by atoms with Crippen LogP contribution in [0.1, 0.15) is 50.4 Å². The van der Waals surface area contributed by atoms with Crippen LogP contribution in [0.4, 0.5) is 4.79 Å². The van der Waals surface area contributed by atoms with Crippen LogP contribution in [0, 0.1) is 0 Å². The van der Waals surface area contributed by atoms with Crippen LogP contribution in [0.2, 0.25) is 0 Å². The zero-order valence-corrected chi connectivity index (χ0v) is 15.5. The number of carbonyl (C=O) groups excluding carboxylic acids is 2. The lowest BCUT2D eigenvalue weighted by Gasteiger charge is -2.27. The molecule has 2 rings (SSSR count). The quantitative estimate of drug-likeness (QED) is 0.783. The van der Waals surface area contributed by atoms with Crippen LogP contribution in [0.5, 0.6) is 0 Å². The van der Waals surface area contributed by atoms with Gasteiger partial charge in [-0.15, -0.1) is 5.06 Å². The van der Waals surface area contributed by atoms with Gasteiger partial charge in [0, 0.05) is 26.2 Å². The van der Waals surface area contributed by atoms with Crippen LogP contribution in [-0.2, 0) is 9.57 Å². The zero-order valence-electron chi connectivity index (χ0n) is 15.5. The SMILES string of the molecule is CN(OC(=O)c1ccccc1)C1CCCN(C(=O)OC(C)(C)C)CC1. The standard InChI is InChI=1S/C19H28N2O4/c1-19(2,3)24-18(23)21-13-8-11-16(12-14-21)20(4)25-17(22)15-9-6-5-7-10-15/h5-7,9-10,16H,8,11-14H2,1-4H3. The van der Waals surface area contributed by atoms with E-state index in [1.165, 1.54) is 0 Å². The van der Waals surface area contributed by atoms with Crippen LogP contribution in [0.15, 0.2) is 30.3 Å². The highest BCUT2D eigenvalue weighted by atomic mass is 16.7. The third-order valence-corrected chi connectivity index (χ3v) is 4.10. The van der Waals surface area contributed by atoms with Gasteiger partial charge in [0.05, 0.1) is 5.56 Å². The summed E-state index contributed by atoms with van der Waals surface area (Å²) < 4.78 is 5.44. The Morgan fingerprint density at radius 3 is 2.44 bits per heavy atom. The summed E-state index contributed by atoms with van der Waals surface area (Å²) in [5.41, 5.74) is 0.0310. The summed E-state index contributed by atoms with van der Waals surface area (Å²) in [6, 6.07) is 9.01. The molecular weight excluding hydrogens is 320 g/mol. The molecule has 1 fully saturated rings. The fourth-order valence-electron chi connectivity index (χ4n) is 2.78. The molecule has 6 heteroatoms. The van der Waals surface area contributed by atoms with Gasteiger partial charge in [-0.3, -0.25) is 0 Å². The van der Waals surface area contributed by atoms with Crippen LogP contribution >= 0.6 is 0 Å². The first-order chi connectivity index (χ1) is 11.8. The van der Waals surface area contributed by atoms with Gasteiger partial charge in [-0.2, -0.15) is 0 Å². The fraction of sp³-hybridized carbons (Fsp3) is 0.579. The minimum atomic E-state index is -0.495. The van der Waals surface area contributed by atoms with Gasteiger partial charge < -0.3 is 14.5 Å². The van der Waals surface area contributed by atoms with E-state index in [4.69, 9.17) is 9.57 Å². The van der Waals surface area contributed by atoms with Crippen LogP contribution in [0.3, 0.4) is 0 Å². The van der Waals surface area contributed by atoms with E-state index in [0.29, 0.717) is 18.7 Å². The molecule has 0 radical (unpaired) electrons. The van der Waals surface area contributed by atoms with Crippen molar-refractivity contribution in [3.8, 4) is 0 Å². The van der Waals surface area contributed by atoms with Crippen molar-refractivity contribution in [2.24, 2.45) is 0 Å². The second-order valence-corrected chi connectivity index (χ2v) is 7.34. The van der Waals surface area contributed by atoms with Crippen LogP contribution in [0.25, 0.3) is 0 Å². The Morgan fingerprint density at radius 1 is 1.12 bits per heavy atom. The highest BCUT2D eigenvalue weighted by Gasteiger charge is 2.28. The Morgan fingerprint density at radius 2 is 1.80 bits per heavy atom. The lowest BCUT2D eigenvalue weighted by molar-refractivity contribution is -0.121. The Kier molecular flexibility index (Phi) is 6.42. The van der Waals surface area contributed by atoms with Crippen molar-refractivity contribution in [2.75, 3.05) is 20.1 Å². The largest absolute Gasteiger partial charge is 0.444 e. The maximum Gasteiger partial charge on any atom is 0.410 e. The smallest absolute Gasteiger partial charge is 0.410 e. The summed E-state index contributed by atoms with van der Waals surface area (Å²) in [5, 5.41) is 1.62. The number of likely N-dealkylation sites (tertiary alicyclic amines) is 1. The van der Waals surface area contributed by atoms with Crippen LogP contribution in [-0.4, -0.2) is 53.8 Å². The predicted octanol–water partition coefficient (Wildman–Crippen LogP) is 3.48. The number of benzene rings is 1. The van der Waals surface area contributed by atoms with E-state index in [9.17, 15) is 9.59 Å². The van der Waals surface area contributed by atoms with Gasteiger partial charge in [-0.25, -0.2) is 9.59 Å². The van der Waals surface area contributed by atoms with E-state index >= 15 is 0 Å². The first-order valence-corrected chi connectivity index (χ1v) is 8.74. The molecule has 1 aromatic rings. The van der Waals surface area contributed by atoms with Crippen LogP contribution < -0.4 is 0 Å². The van der Waals surface area contributed by atoms with Crippen molar-refractivity contribution < 1.29 is 19.2 Å². The molecule has 1 saturated heterocycles. The minimum absolute atomic E-state index is 0.0834. The normalized spacial score (nSPS) is 18.6. The molecule has 25 heavy (non-hydrogen) atoms. The molecule has 1 unspecified atom stereocenters. The highest BCUT2D eigenvalue weighted by Crippen LogP contribution is 2.19. The number of nitrogens with zero attached hydrogens (tertiary/aromatic N) is 2. The Balaban J connectivity index is 1.87. The molecule has 1 atom stereocenters. The number of ether oxygens (including phenoxy) is 1.